The van der Waals surface area contributed by atoms with Crippen LogP contribution in [0, 0.1) is 0 Å². The van der Waals surface area contributed by atoms with Crippen LogP contribution in [-0.4, -0.2) is 37.9 Å². The van der Waals surface area contributed by atoms with E-state index < -0.39 is 10.0 Å². The molecule has 1 aromatic carbocycles. The molecule has 19 heavy (non-hydrogen) atoms. The van der Waals surface area contributed by atoms with Crippen LogP contribution in [-0.2, 0) is 15.8 Å². The topological polar surface area (TPSA) is 49.4 Å². The predicted molar refractivity (Wildman–Crippen MR) is 77.3 cm³/mol. The van der Waals surface area contributed by atoms with Gasteiger partial charge >= 0.3 is 0 Å². The highest BCUT2D eigenvalue weighted by atomic mass is 32.2. The van der Waals surface area contributed by atoms with Gasteiger partial charge < -0.3 is 5.32 Å². The van der Waals surface area contributed by atoms with E-state index in [1.165, 1.54) is 0 Å². The van der Waals surface area contributed by atoms with Crippen LogP contribution in [0.15, 0.2) is 30.3 Å². The van der Waals surface area contributed by atoms with Gasteiger partial charge in [-0.25, -0.2) is 8.42 Å². The Labute approximate surface area is 115 Å². The van der Waals surface area contributed by atoms with Crippen molar-refractivity contribution in [2.75, 3.05) is 19.6 Å². The van der Waals surface area contributed by atoms with E-state index in [4.69, 9.17) is 0 Å². The summed E-state index contributed by atoms with van der Waals surface area (Å²) in [6.45, 7) is 6.09. The smallest absolute Gasteiger partial charge is 0.218 e. The molecule has 1 aromatic rings. The average Bonchev–Trinajstić information content (AvgIpc) is 2.51. The Kier molecular flexibility index (Phi) is 4.28. The van der Waals surface area contributed by atoms with Crippen molar-refractivity contribution < 1.29 is 8.42 Å². The first-order chi connectivity index (χ1) is 8.89. The van der Waals surface area contributed by atoms with Crippen LogP contribution in [0.2, 0.25) is 0 Å². The molecule has 1 aliphatic heterocycles. The highest BCUT2D eigenvalue weighted by Gasteiger charge is 2.31. The molecule has 0 spiro atoms. The molecule has 4 nitrogen and oxygen atoms in total. The first-order valence-electron chi connectivity index (χ1n) is 6.66. The third kappa shape index (κ3) is 4.03. The van der Waals surface area contributed by atoms with Crippen molar-refractivity contribution in [1.82, 2.24) is 9.62 Å². The lowest BCUT2D eigenvalue weighted by molar-refractivity contribution is 0.326. The Morgan fingerprint density at radius 3 is 2.63 bits per heavy atom. The molecule has 1 heterocycles. The molecule has 5 heteroatoms. The van der Waals surface area contributed by atoms with Crippen molar-refractivity contribution in [2.45, 2.75) is 31.6 Å². The molecule has 2 rings (SSSR count). The van der Waals surface area contributed by atoms with Gasteiger partial charge in [0.15, 0.2) is 0 Å². The van der Waals surface area contributed by atoms with Gasteiger partial charge in [-0.05, 0) is 32.4 Å². The summed E-state index contributed by atoms with van der Waals surface area (Å²) in [6, 6.07) is 9.37. The number of hydrogen-bond acceptors (Lipinski definition) is 3. The van der Waals surface area contributed by atoms with Crippen molar-refractivity contribution in [1.29, 1.82) is 0 Å². The van der Waals surface area contributed by atoms with Crippen LogP contribution in [0.5, 0.6) is 0 Å². The third-order valence-electron chi connectivity index (χ3n) is 3.34. The fourth-order valence-corrected chi connectivity index (χ4v) is 4.09. The third-order valence-corrected chi connectivity index (χ3v) is 5.14. The van der Waals surface area contributed by atoms with Crippen LogP contribution >= 0.6 is 0 Å². The highest BCUT2D eigenvalue weighted by molar-refractivity contribution is 7.88. The minimum atomic E-state index is -3.24. The summed E-state index contributed by atoms with van der Waals surface area (Å²) in [5.41, 5.74) is 0.679. The Morgan fingerprint density at radius 1 is 1.26 bits per heavy atom. The normalized spacial score (nSPS) is 20.9. The van der Waals surface area contributed by atoms with E-state index in [-0.39, 0.29) is 11.3 Å². The second-order valence-corrected chi connectivity index (χ2v) is 7.71. The molecule has 0 bridgehead atoms. The molecule has 0 amide bonds. The summed E-state index contributed by atoms with van der Waals surface area (Å²) >= 11 is 0. The summed E-state index contributed by atoms with van der Waals surface area (Å²) in [4.78, 5) is 0. The van der Waals surface area contributed by atoms with Crippen molar-refractivity contribution in [3.63, 3.8) is 0 Å². The SMILES string of the molecule is CC1(C)CN(S(=O)(=O)Cc2ccccc2)CCCN1. The minimum absolute atomic E-state index is 0.0872. The zero-order valence-electron chi connectivity index (χ0n) is 11.6. The van der Waals surface area contributed by atoms with Crippen molar-refractivity contribution in [2.24, 2.45) is 0 Å². The molecular formula is C14H22N2O2S. The number of hydrogen-bond donors (Lipinski definition) is 1. The molecule has 0 saturated carbocycles. The van der Waals surface area contributed by atoms with Gasteiger partial charge in [-0.3, -0.25) is 0 Å². The number of nitrogens with one attached hydrogen (secondary N) is 1. The van der Waals surface area contributed by atoms with Gasteiger partial charge in [-0.15, -0.1) is 0 Å². The number of nitrogens with zero attached hydrogens (tertiary/aromatic N) is 1. The zero-order valence-corrected chi connectivity index (χ0v) is 12.4. The molecule has 0 unspecified atom stereocenters. The fourth-order valence-electron chi connectivity index (χ4n) is 2.37. The van der Waals surface area contributed by atoms with Crippen molar-refractivity contribution in [3.8, 4) is 0 Å². The average molecular weight is 282 g/mol. The van der Waals surface area contributed by atoms with E-state index in [1.54, 1.807) is 4.31 Å². The standard InChI is InChI=1S/C14H22N2O2S/c1-14(2)12-16(10-6-9-15-14)19(17,18)11-13-7-4-3-5-8-13/h3-5,7-8,15H,6,9-12H2,1-2H3. The molecule has 106 valence electrons. The van der Waals surface area contributed by atoms with Crippen LogP contribution in [0.1, 0.15) is 25.8 Å². The Balaban J connectivity index is 2.14. The zero-order chi connectivity index (χ0) is 13.9. The first-order valence-corrected chi connectivity index (χ1v) is 8.27. The summed E-state index contributed by atoms with van der Waals surface area (Å²) in [5.74, 6) is 0.0872. The summed E-state index contributed by atoms with van der Waals surface area (Å²) in [7, 11) is -3.24. The van der Waals surface area contributed by atoms with E-state index in [9.17, 15) is 8.42 Å². The Bertz CT molecular complexity index is 512. The van der Waals surface area contributed by atoms with Gasteiger partial charge in [0.2, 0.25) is 10.0 Å². The van der Waals surface area contributed by atoms with E-state index in [0.29, 0.717) is 13.1 Å². The highest BCUT2D eigenvalue weighted by Crippen LogP contribution is 2.17. The molecule has 0 aromatic heterocycles. The maximum atomic E-state index is 12.5. The molecular weight excluding hydrogens is 260 g/mol. The van der Waals surface area contributed by atoms with E-state index in [1.807, 2.05) is 44.2 Å². The molecule has 1 N–H and O–H groups in total. The van der Waals surface area contributed by atoms with Crippen LogP contribution in [0.4, 0.5) is 0 Å². The van der Waals surface area contributed by atoms with E-state index in [2.05, 4.69) is 5.32 Å². The second kappa shape index (κ2) is 5.61. The molecule has 0 aliphatic carbocycles. The lowest BCUT2D eigenvalue weighted by Gasteiger charge is -2.29. The Hall–Kier alpha value is -0.910. The lowest BCUT2D eigenvalue weighted by atomic mass is 10.1. The summed E-state index contributed by atoms with van der Waals surface area (Å²) in [6.07, 6.45) is 0.859. The monoisotopic (exact) mass is 282 g/mol. The van der Waals surface area contributed by atoms with Gasteiger partial charge in [0.1, 0.15) is 0 Å². The van der Waals surface area contributed by atoms with E-state index in [0.717, 1.165) is 18.5 Å². The van der Waals surface area contributed by atoms with Crippen molar-refractivity contribution in [3.05, 3.63) is 35.9 Å². The first kappa shape index (κ1) is 14.5. The molecule has 0 atom stereocenters. The fraction of sp³-hybridized carbons (Fsp3) is 0.571. The number of benzene rings is 1. The van der Waals surface area contributed by atoms with Gasteiger partial charge in [0, 0.05) is 18.6 Å². The quantitative estimate of drug-likeness (QED) is 0.916. The number of sulfonamides is 1. The summed E-state index contributed by atoms with van der Waals surface area (Å²) in [5, 5.41) is 3.38. The maximum Gasteiger partial charge on any atom is 0.218 e. The largest absolute Gasteiger partial charge is 0.310 e. The Morgan fingerprint density at radius 2 is 1.95 bits per heavy atom. The minimum Gasteiger partial charge on any atom is -0.310 e. The van der Waals surface area contributed by atoms with Crippen molar-refractivity contribution >= 4 is 10.0 Å². The lowest BCUT2D eigenvalue weighted by Crippen LogP contribution is -2.48. The molecule has 0 radical (unpaired) electrons. The molecule has 1 aliphatic rings. The van der Waals surface area contributed by atoms with Gasteiger partial charge in [-0.1, -0.05) is 30.3 Å². The van der Waals surface area contributed by atoms with E-state index >= 15 is 0 Å². The number of rotatable bonds is 3. The van der Waals surface area contributed by atoms with Gasteiger partial charge in [0.05, 0.1) is 5.75 Å². The predicted octanol–water partition coefficient (Wildman–Crippen LogP) is 1.59. The van der Waals surface area contributed by atoms with Crippen LogP contribution in [0.3, 0.4) is 0 Å². The van der Waals surface area contributed by atoms with Gasteiger partial charge in [0.25, 0.3) is 0 Å². The maximum absolute atomic E-state index is 12.5. The molecule has 1 saturated heterocycles. The van der Waals surface area contributed by atoms with Gasteiger partial charge in [-0.2, -0.15) is 4.31 Å². The summed E-state index contributed by atoms with van der Waals surface area (Å²) < 4.78 is 26.6. The molecule has 1 fully saturated rings. The van der Waals surface area contributed by atoms with Crippen LogP contribution in [0.25, 0.3) is 0 Å². The van der Waals surface area contributed by atoms with Crippen LogP contribution < -0.4 is 5.32 Å². The second-order valence-electron chi connectivity index (χ2n) is 5.74.